The van der Waals surface area contributed by atoms with Crippen molar-refractivity contribution in [2.45, 2.75) is 66.0 Å². The predicted molar refractivity (Wildman–Crippen MR) is 127 cm³/mol. The molecule has 1 aliphatic rings. The van der Waals surface area contributed by atoms with Crippen LogP contribution in [0.15, 0.2) is 24.3 Å². The molecule has 1 aromatic rings. The standard InChI is InChI=1S/C25H42N4O2/c1-18(2)20-8-10-21(11-9-20)24(19(3)4)26-16-23(31)29-14-12-28(13-15-29)17-22(30)27-25(5,6)7/h8-11,18-19,24,26H,12-17H2,1-7H3,(H,27,30)/t24-/m0/s1. The second-order valence-electron chi connectivity index (χ2n) is 10.4. The van der Waals surface area contributed by atoms with Gasteiger partial charge in [0.25, 0.3) is 0 Å². The summed E-state index contributed by atoms with van der Waals surface area (Å²) in [5, 5.41) is 6.48. The zero-order chi connectivity index (χ0) is 23.2. The van der Waals surface area contributed by atoms with Crippen LogP contribution >= 0.6 is 0 Å². The molecule has 1 saturated heterocycles. The molecule has 1 heterocycles. The lowest BCUT2D eigenvalue weighted by molar-refractivity contribution is -0.132. The van der Waals surface area contributed by atoms with E-state index in [-0.39, 0.29) is 23.4 Å². The lowest BCUT2D eigenvalue weighted by Crippen LogP contribution is -2.54. The van der Waals surface area contributed by atoms with Gasteiger partial charge in [0.15, 0.2) is 0 Å². The molecule has 0 bridgehead atoms. The van der Waals surface area contributed by atoms with Crippen LogP contribution < -0.4 is 10.6 Å². The van der Waals surface area contributed by atoms with Gasteiger partial charge in [-0.2, -0.15) is 0 Å². The highest BCUT2D eigenvalue weighted by Gasteiger charge is 2.25. The van der Waals surface area contributed by atoms with Crippen molar-refractivity contribution in [2.24, 2.45) is 5.92 Å². The highest BCUT2D eigenvalue weighted by atomic mass is 16.2. The number of benzene rings is 1. The molecule has 31 heavy (non-hydrogen) atoms. The number of amides is 2. The Kier molecular flexibility index (Phi) is 9.07. The monoisotopic (exact) mass is 430 g/mol. The molecule has 0 aliphatic carbocycles. The summed E-state index contributed by atoms with van der Waals surface area (Å²) in [5.74, 6) is 1.07. The third-order valence-corrected chi connectivity index (χ3v) is 5.71. The number of carbonyl (C=O) groups is 2. The number of hydrogen-bond acceptors (Lipinski definition) is 4. The van der Waals surface area contributed by atoms with Gasteiger partial charge in [-0.3, -0.25) is 14.5 Å². The van der Waals surface area contributed by atoms with Gasteiger partial charge >= 0.3 is 0 Å². The summed E-state index contributed by atoms with van der Waals surface area (Å²) >= 11 is 0. The van der Waals surface area contributed by atoms with E-state index in [0.29, 0.717) is 38.0 Å². The maximum Gasteiger partial charge on any atom is 0.236 e. The number of hydrogen-bond donors (Lipinski definition) is 2. The minimum Gasteiger partial charge on any atom is -0.350 e. The summed E-state index contributed by atoms with van der Waals surface area (Å²) in [7, 11) is 0. The first kappa shape index (κ1) is 25.3. The van der Waals surface area contributed by atoms with Gasteiger partial charge in [0.05, 0.1) is 13.1 Å². The van der Waals surface area contributed by atoms with Crippen molar-refractivity contribution >= 4 is 11.8 Å². The van der Waals surface area contributed by atoms with E-state index in [1.165, 1.54) is 11.1 Å². The molecule has 6 nitrogen and oxygen atoms in total. The Bertz CT molecular complexity index is 714. The van der Waals surface area contributed by atoms with Crippen LogP contribution in [0.1, 0.15) is 71.6 Å². The molecule has 1 aromatic carbocycles. The van der Waals surface area contributed by atoms with Gasteiger partial charge in [0.1, 0.15) is 0 Å². The fraction of sp³-hybridized carbons (Fsp3) is 0.680. The molecule has 2 N–H and O–H groups in total. The van der Waals surface area contributed by atoms with E-state index in [9.17, 15) is 9.59 Å². The molecule has 0 spiro atoms. The first-order valence-electron chi connectivity index (χ1n) is 11.6. The van der Waals surface area contributed by atoms with Crippen molar-refractivity contribution in [3.8, 4) is 0 Å². The van der Waals surface area contributed by atoms with Gasteiger partial charge < -0.3 is 15.5 Å². The predicted octanol–water partition coefficient (Wildman–Crippen LogP) is 3.16. The maximum absolute atomic E-state index is 12.8. The summed E-state index contributed by atoms with van der Waals surface area (Å²) in [6, 6.07) is 8.88. The Morgan fingerprint density at radius 1 is 0.935 bits per heavy atom. The Balaban J connectivity index is 1.83. The fourth-order valence-corrected chi connectivity index (χ4v) is 3.95. The van der Waals surface area contributed by atoms with Crippen molar-refractivity contribution in [3.63, 3.8) is 0 Å². The SMILES string of the molecule is CC(C)c1ccc([C@@H](NCC(=O)N2CCN(CC(=O)NC(C)(C)C)CC2)C(C)C)cc1. The highest BCUT2D eigenvalue weighted by molar-refractivity contribution is 5.79. The second kappa shape index (κ2) is 11.1. The number of rotatable bonds is 8. The molecular formula is C25H42N4O2. The van der Waals surface area contributed by atoms with Crippen molar-refractivity contribution < 1.29 is 9.59 Å². The van der Waals surface area contributed by atoms with Crippen LogP contribution in [0.25, 0.3) is 0 Å². The van der Waals surface area contributed by atoms with Crippen molar-refractivity contribution in [1.29, 1.82) is 0 Å². The zero-order valence-electron chi connectivity index (χ0n) is 20.5. The molecule has 174 valence electrons. The number of nitrogens with zero attached hydrogens (tertiary/aromatic N) is 2. The minimum absolute atomic E-state index is 0.0391. The average Bonchev–Trinajstić information content (AvgIpc) is 2.67. The first-order chi connectivity index (χ1) is 14.5. The summed E-state index contributed by atoms with van der Waals surface area (Å²) in [5.41, 5.74) is 2.33. The molecule has 1 fully saturated rings. The largest absolute Gasteiger partial charge is 0.350 e. The van der Waals surface area contributed by atoms with Crippen molar-refractivity contribution in [2.75, 3.05) is 39.3 Å². The van der Waals surface area contributed by atoms with E-state index in [0.717, 1.165) is 13.1 Å². The Labute approximate surface area is 188 Å². The van der Waals surface area contributed by atoms with Crippen molar-refractivity contribution in [1.82, 2.24) is 20.4 Å². The topological polar surface area (TPSA) is 64.7 Å². The first-order valence-corrected chi connectivity index (χ1v) is 11.6. The van der Waals surface area contributed by atoms with E-state index >= 15 is 0 Å². The summed E-state index contributed by atoms with van der Waals surface area (Å²) in [4.78, 5) is 28.9. The lowest BCUT2D eigenvalue weighted by Gasteiger charge is -2.35. The normalized spacial score (nSPS) is 16.6. The second-order valence-corrected chi connectivity index (χ2v) is 10.4. The summed E-state index contributed by atoms with van der Waals surface area (Å²) in [6.07, 6.45) is 0. The quantitative estimate of drug-likeness (QED) is 0.665. The van der Waals surface area contributed by atoms with E-state index < -0.39 is 0 Å². The molecule has 6 heteroatoms. The van der Waals surface area contributed by atoms with Crippen LogP contribution in [0.4, 0.5) is 0 Å². The van der Waals surface area contributed by atoms with E-state index in [1.807, 2.05) is 25.7 Å². The third-order valence-electron chi connectivity index (χ3n) is 5.71. The van der Waals surface area contributed by atoms with E-state index in [1.54, 1.807) is 0 Å². The smallest absolute Gasteiger partial charge is 0.236 e. The van der Waals surface area contributed by atoms with Crippen molar-refractivity contribution in [3.05, 3.63) is 35.4 Å². The van der Waals surface area contributed by atoms with Gasteiger partial charge in [-0.25, -0.2) is 0 Å². The van der Waals surface area contributed by atoms with Crippen LogP contribution in [0.5, 0.6) is 0 Å². The van der Waals surface area contributed by atoms with E-state index in [2.05, 4.69) is 67.5 Å². The van der Waals surface area contributed by atoms with Gasteiger partial charge in [0, 0.05) is 37.8 Å². The number of piperazine rings is 1. The van der Waals surface area contributed by atoms with Gasteiger partial charge in [-0.05, 0) is 43.7 Å². The van der Waals surface area contributed by atoms with Gasteiger partial charge in [0.2, 0.25) is 11.8 Å². The van der Waals surface area contributed by atoms with Gasteiger partial charge in [-0.1, -0.05) is 52.0 Å². The zero-order valence-corrected chi connectivity index (χ0v) is 20.5. The summed E-state index contributed by atoms with van der Waals surface area (Å²) in [6.45, 7) is 18.2. The maximum atomic E-state index is 12.8. The Morgan fingerprint density at radius 3 is 1.97 bits per heavy atom. The molecule has 0 unspecified atom stereocenters. The van der Waals surface area contributed by atoms with Crippen LogP contribution in [0, 0.1) is 5.92 Å². The summed E-state index contributed by atoms with van der Waals surface area (Å²) < 4.78 is 0. The van der Waals surface area contributed by atoms with Crippen LogP contribution in [0.3, 0.4) is 0 Å². The third kappa shape index (κ3) is 8.26. The lowest BCUT2D eigenvalue weighted by atomic mass is 9.93. The fourth-order valence-electron chi connectivity index (χ4n) is 3.95. The molecular weight excluding hydrogens is 388 g/mol. The number of nitrogens with one attached hydrogen (secondary N) is 2. The Hall–Kier alpha value is -1.92. The molecule has 0 radical (unpaired) electrons. The van der Waals surface area contributed by atoms with Crippen LogP contribution in [-0.2, 0) is 9.59 Å². The molecule has 2 rings (SSSR count). The van der Waals surface area contributed by atoms with E-state index in [4.69, 9.17) is 0 Å². The molecule has 0 aromatic heterocycles. The van der Waals surface area contributed by atoms with Crippen LogP contribution in [-0.4, -0.2) is 66.4 Å². The molecule has 2 amide bonds. The Morgan fingerprint density at radius 2 is 1.48 bits per heavy atom. The molecule has 1 aliphatic heterocycles. The van der Waals surface area contributed by atoms with Crippen LogP contribution in [0.2, 0.25) is 0 Å². The average molecular weight is 431 g/mol. The molecule has 1 atom stereocenters. The number of carbonyl (C=O) groups excluding carboxylic acids is 2. The highest BCUT2D eigenvalue weighted by Crippen LogP contribution is 2.24. The molecule has 0 saturated carbocycles. The van der Waals surface area contributed by atoms with Gasteiger partial charge in [-0.15, -0.1) is 0 Å². The minimum atomic E-state index is -0.220.